The van der Waals surface area contributed by atoms with E-state index in [2.05, 4.69) is 64.9 Å². The van der Waals surface area contributed by atoms with Crippen molar-refractivity contribution in [1.29, 1.82) is 0 Å². The second kappa shape index (κ2) is 8.65. The highest BCUT2D eigenvalue weighted by Gasteiger charge is 2.16. The molecule has 0 amide bonds. The van der Waals surface area contributed by atoms with Crippen molar-refractivity contribution in [2.45, 2.75) is 20.3 Å². The number of hydrogen-bond acceptors (Lipinski definition) is 5. The Bertz CT molecular complexity index is 1200. The van der Waals surface area contributed by atoms with Crippen LogP contribution in [-0.4, -0.2) is 58.7 Å². The van der Waals surface area contributed by atoms with Crippen molar-refractivity contribution < 1.29 is 4.74 Å². The first-order chi connectivity index (χ1) is 15.2. The molecule has 6 heteroatoms. The zero-order chi connectivity index (χ0) is 21.2. The summed E-state index contributed by atoms with van der Waals surface area (Å²) in [7, 11) is 0. The molecule has 6 nitrogen and oxygen atoms in total. The summed E-state index contributed by atoms with van der Waals surface area (Å²) in [5.74, 6) is 0.847. The van der Waals surface area contributed by atoms with Gasteiger partial charge in [-0.25, -0.2) is 9.97 Å². The highest BCUT2D eigenvalue weighted by Crippen LogP contribution is 2.29. The predicted molar refractivity (Wildman–Crippen MR) is 126 cm³/mol. The summed E-state index contributed by atoms with van der Waals surface area (Å²) in [4.78, 5) is 12.2. The number of hydrogen-bond donors (Lipinski definition) is 1. The molecule has 4 aromatic rings. The molecule has 1 saturated heterocycles. The zero-order valence-corrected chi connectivity index (χ0v) is 18.3. The van der Waals surface area contributed by atoms with Crippen LogP contribution in [0.25, 0.3) is 27.9 Å². The number of imidazole rings is 1. The van der Waals surface area contributed by atoms with E-state index in [0.29, 0.717) is 0 Å². The van der Waals surface area contributed by atoms with E-state index < -0.39 is 0 Å². The highest BCUT2D eigenvalue weighted by molar-refractivity contribution is 5.87. The molecule has 1 N–H and O–H groups in total. The largest absolute Gasteiger partial charge is 0.379 e. The number of ether oxygens (including phenoxy) is 1. The minimum Gasteiger partial charge on any atom is -0.379 e. The second-order valence-corrected chi connectivity index (χ2v) is 8.29. The van der Waals surface area contributed by atoms with Gasteiger partial charge in [-0.05, 0) is 50.1 Å². The smallest absolute Gasteiger partial charge is 0.181 e. The molecule has 0 saturated carbocycles. The van der Waals surface area contributed by atoms with Crippen molar-refractivity contribution in [3.05, 3.63) is 59.8 Å². The third-order valence-corrected chi connectivity index (χ3v) is 6.15. The Morgan fingerprint density at radius 3 is 2.61 bits per heavy atom. The molecule has 0 unspecified atom stereocenters. The minimum atomic E-state index is 0.843. The summed E-state index contributed by atoms with van der Waals surface area (Å²) in [5, 5.41) is 3.57. The third-order valence-electron chi connectivity index (χ3n) is 6.15. The third kappa shape index (κ3) is 4.01. The molecular formula is C25H29N5O. The van der Waals surface area contributed by atoms with Crippen LogP contribution < -0.4 is 5.32 Å². The van der Waals surface area contributed by atoms with Crippen LogP contribution in [0.15, 0.2) is 48.7 Å². The number of fused-ring (bicyclic) bond motifs is 3. The number of aromatic nitrogens is 3. The van der Waals surface area contributed by atoms with Crippen LogP contribution in [0.1, 0.15) is 17.5 Å². The quantitative estimate of drug-likeness (QED) is 0.476. The van der Waals surface area contributed by atoms with Gasteiger partial charge >= 0.3 is 0 Å². The lowest BCUT2D eigenvalue weighted by molar-refractivity contribution is 0.0378. The molecule has 0 atom stereocenters. The normalized spacial score (nSPS) is 15.0. The average Bonchev–Trinajstić information content (AvgIpc) is 3.25. The van der Waals surface area contributed by atoms with E-state index in [1.807, 2.05) is 12.3 Å². The molecule has 0 radical (unpaired) electrons. The number of morpholine rings is 1. The highest BCUT2D eigenvalue weighted by atomic mass is 16.5. The summed E-state index contributed by atoms with van der Waals surface area (Å²) >= 11 is 0. The Morgan fingerprint density at radius 2 is 1.81 bits per heavy atom. The number of aryl methyl sites for hydroxylation is 2. The Morgan fingerprint density at radius 1 is 1.03 bits per heavy atom. The first-order valence-corrected chi connectivity index (χ1v) is 11.1. The van der Waals surface area contributed by atoms with Crippen molar-refractivity contribution in [3.63, 3.8) is 0 Å². The molecule has 31 heavy (non-hydrogen) atoms. The molecule has 160 valence electrons. The van der Waals surface area contributed by atoms with Crippen molar-refractivity contribution in [3.8, 4) is 11.3 Å². The topological polar surface area (TPSA) is 54.7 Å². The standard InChI is InChI=1S/C25H29N5O/c1-18-15-21-22(16-19(18)2)30-23(20-7-4-3-5-8-20)17-27-25(30)24(28-21)26-9-6-10-29-11-13-31-14-12-29/h3-5,7-8,15-17H,6,9-14H2,1-2H3,(H,26,28). The molecule has 2 aromatic heterocycles. The van der Waals surface area contributed by atoms with Gasteiger partial charge in [0, 0.05) is 25.2 Å². The fourth-order valence-electron chi connectivity index (χ4n) is 4.25. The molecule has 0 bridgehead atoms. The van der Waals surface area contributed by atoms with Crippen molar-refractivity contribution >= 4 is 22.5 Å². The molecule has 0 aliphatic carbocycles. The number of nitrogens with one attached hydrogen (secondary N) is 1. The van der Waals surface area contributed by atoms with Crippen molar-refractivity contribution in [2.75, 3.05) is 44.7 Å². The Labute approximate surface area is 182 Å². The number of rotatable bonds is 6. The SMILES string of the molecule is Cc1cc2nc(NCCCN3CCOCC3)c3ncc(-c4ccccc4)n3c2cc1C. The van der Waals surface area contributed by atoms with Gasteiger partial charge in [0.15, 0.2) is 11.5 Å². The van der Waals surface area contributed by atoms with Crippen LogP contribution in [0.3, 0.4) is 0 Å². The summed E-state index contributed by atoms with van der Waals surface area (Å²) in [5.41, 5.74) is 7.70. The fraction of sp³-hybridized carbons (Fsp3) is 0.360. The first-order valence-electron chi connectivity index (χ1n) is 11.1. The van der Waals surface area contributed by atoms with Gasteiger partial charge < -0.3 is 10.1 Å². The van der Waals surface area contributed by atoms with Crippen LogP contribution in [0.4, 0.5) is 5.82 Å². The number of benzene rings is 2. The van der Waals surface area contributed by atoms with Gasteiger partial charge in [0.1, 0.15) is 0 Å². The molecule has 1 aliphatic heterocycles. The maximum Gasteiger partial charge on any atom is 0.181 e. The van der Waals surface area contributed by atoms with Crippen LogP contribution in [0, 0.1) is 13.8 Å². The van der Waals surface area contributed by atoms with Gasteiger partial charge in [0.25, 0.3) is 0 Å². The lowest BCUT2D eigenvalue weighted by Gasteiger charge is -2.26. The molecular weight excluding hydrogens is 386 g/mol. The van der Waals surface area contributed by atoms with E-state index in [0.717, 1.165) is 79.6 Å². The van der Waals surface area contributed by atoms with Crippen LogP contribution in [0.5, 0.6) is 0 Å². The zero-order valence-electron chi connectivity index (χ0n) is 18.3. The monoisotopic (exact) mass is 415 g/mol. The molecule has 5 rings (SSSR count). The van der Waals surface area contributed by atoms with Gasteiger partial charge in [-0.1, -0.05) is 30.3 Å². The molecule has 3 heterocycles. The second-order valence-electron chi connectivity index (χ2n) is 8.29. The van der Waals surface area contributed by atoms with Gasteiger partial charge in [-0.15, -0.1) is 0 Å². The Hall–Kier alpha value is -2.96. The fourth-order valence-corrected chi connectivity index (χ4v) is 4.25. The van der Waals surface area contributed by atoms with E-state index in [4.69, 9.17) is 14.7 Å². The first kappa shape index (κ1) is 20.0. The van der Waals surface area contributed by atoms with Gasteiger partial charge in [0.2, 0.25) is 0 Å². The molecule has 2 aromatic carbocycles. The van der Waals surface area contributed by atoms with Crippen LogP contribution >= 0.6 is 0 Å². The van der Waals surface area contributed by atoms with Crippen LogP contribution in [0.2, 0.25) is 0 Å². The summed E-state index contributed by atoms with van der Waals surface area (Å²) in [6, 6.07) is 14.8. The summed E-state index contributed by atoms with van der Waals surface area (Å²) in [6.45, 7) is 9.96. The van der Waals surface area contributed by atoms with Gasteiger partial charge in [-0.2, -0.15) is 0 Å². The van der Waals surface area contributed by atoms with Gasteiger partial charge in [-0.3, -0.25) is 9.30 Å². The number of anilines is 1. The maximum absolute atomic E-state index is 5.44. The lowest BCUT2D eigenvalue weighted by Crippen LogP contribution is -2.37. The van der Waals surface area contributed by atoms with E-state index >= 15 is 0 Å². The Kier molecular flexibility index (Phi) is 5.57. The van der Waals surface area contributed by atoms with Crippen LogP contribution in [-0.2, 0) is 4.74 Å². The minimum absolute atomic E-state index is 0.843. The summed E-state index contributed by atoms with van der Waals surface area (Å²) < 4.78 is 7.69. The maximum atomic E-state index is 5.44. The van der Waals surface area contributed by atoms with Gasteiger partial charge in [0.05, 0.1) is 36.1 Å². The van der Waals surface area contributed by atoms with E-state index in [-0.39, 0.29) is 0 Å². The molecule has 1 aliphatic rings. The average molecular weight is 416 g/mol. The van der Waals surface area contributed by atoms with Crippen molar-refractivity contribution in [2.24, 2.45) is 0 Å². The number of nitrogens with zero attached hydrogens (tertiary/aromatic N) is 4. The van der Waals surface area contributed by atoms with E-state index in [9.17, 15) is 0 Å². The Balaban J connectivity index is 1.50. The summed E-state index contributed by atoms with van der Waals surface area (Å²) in [6.07, 6.45) is 3.02. The molecule has 1 fully saturated rings. The molecule has 0 spiro atoms. The lowest BCUT2D eigenvalue weighted by atomic mass is 10.1. The van der Waals surface area contributed by atoms with Crippen molar-refractivity contribution in [1.82, 2.24) is 19.3 Å². The predicted octanol–water partition coefficient (Wildman–Crippen LogP) is 4.30. The van der Waals surface area contributed by atoms with E-state index in [1.54, 1.807) is 0 Å². The van der Waals surface area contributed by atoms with E-state index in [1.165, 1.54) is 11.1 Å².